The molecule has 4 heteroatoms. The Hall–Kier alpha value is -1.39. The number of hydrogen-bond acceptors (Lipinski definition) is 4. The molecule has 0 N–H and O–H groups in total. The molecule has 1 aromatic rings. The molecule has 0 saturated carbocycles. The van der Waals surface area contributed by atoms with Gasteiger partial charge in [-0.1, -0.05) is 37.3 Å². The van der Waals surface area contributed by atoms with Gasteiger partial charge in [0.2, 0.25) is 0 Å². The summed E-state index contributed by atoms with van der Waals surface area (Å²) in [6.45, 7) is 9.44. The van der Waals surface area contributed by atoms with E-state index in [9.17, 15) is 4.79 Å². The molecule has 0 aromatic heterocycles. The number of carbonyl (C=O) groups is 1. The fourth-order valence-electron chi connectivity index (χ4n) is 3.04. The summed E-state index contributed by atoms with van der Waals surface area (Å²) in [6.07, 6.45) is 1.92. The molecule has 0 bridgehead atoms. The Morgan fingerprint density at radius 3 is 2.41 bits per heavy atom. The van der Waals surface area contributed by atoms with Gasteiger partial charge in [0, 0.05) is 32.7 Å². The van der Waals surface area contributed by atoms with E-state index in [1.807, 2.05) is 6.92 Å². The van der Waals surface area contributed by atoms with Crippen LogP contribution < -0.4 is 0 Å². The van der Waals surface area contributed by atoms with Crippen molar-refractivity contribution in [2.45, 2.75) is 32.7 Å². The lowest BCUT2D eigenvalue weighted by Crippen LogP contribution is -2.53. The quantitative estimate of drug-likeness (QED) is 0.723. The van der Waals surface area contributed by atoms with Crippen molar-refractivity contribution < 1.29 is 9.53 Å². The Labute approximate surface area is 134 Å². The first-order valence-electron chi connectivity index (χ1n) is 8.41. The van der Waals surface area contributed by atoms with Crippen molar-refractivity contribution >= 4 is 5.97 Å². The number of esters is 1. The van der Waals surface area contributed by atoms with Crippen molar-refractivity contribution in [2.75, 3.05) is 39.3 Å². The predicted octanol–water partition coefficient (Wildman–Crippen LogP) is 2.19. The van der Waals surface area contributed by atoms with E-state index in [-0.39, 0.29) is 12.0 Å². The van der Waals surface area contributed by atoms with Gasteiger partial charge in [0.15, 0.2) is 0 Å². The number of rotatable bonds is 7. The molecule has 1 aliphatic heterocycles. The highest BCUT2D eigenvalue weighted by Crippen LogP contribution is 2.12. The number of piperazine rings is 1. The summed E-state index contributed by atoms with van der Waals surface area (Å²) in [5, 5.41) is 0. The van der Waals surface area contributed by atoms with Gasteiger partial charge in [0.05, 0.1) is 6.61 Å². The second-order valence-corrected chi connectivity index (χ2v) is 5.79. The summed E-state index contributed by atoms with van der Waals surface area (Å²) in [6, 6.07) is 10.5. The third-order valence-electron chi connectivity index (χ3n) is 4.35. The molecule has 4 nitrogen and oxygen atoms in total. The zero-order chi connectivity index (χ0) is 15.8. The van der Waals surface area contributed by atoms with Crippen molar-refractivity contribution in [3.8, 4) is 0 Å². The molecule has 2 rings (SSSR count). The molecule has 1 saturated heterocycles. The first kappa shape index (κ1) is 17.0. The van der Waals surface area contributed by atoms with Crippen LogP contribution in [0.2, 0.25) is 0 Å². The first-order chi connectivity index (χ1) is 10.7. The van der Waals surface area contributed by atoms with Crippen molar-refractivity contribution in [1.82, 2.24) is 9.80 Å². The summed E-state index contributed by atoms with van der Waals surface area (Å²) in [4.78, 5) is 16.8. The molecule has 0 aliphatic carbocycles. The van der Waals surface area contributed by atoms with Crippen LogP contribution in [0.25, 0.3) is 0 Å². The van der Waals surface area contributed by atoms with Gasteiger partial charge in [-0.2, -0.15) is 0 Å². The Kier molecular flexibility index (Phi) is 6.87. The maximum absolute atomic E-state index is 12.0. The Morgan fingerprint density at radius 2 is 1.82 bits per heavy atom. The second-order valence-electron chi connectivity index (χ2n) is 5.79. The molecule has 0 spiro atoms. The molecule has 1 aliphatic rings. The van der Waals surface area contributed by atoms with Gasteiger partial charge >= 0.3 is 5.97 Å². The molecule has 1 heterocycles. The van der Waals surface area contributed by atoms with Gasteiger partial charge in [-0.3, -0.25) is 9.69 Å². The zero-order valence-electron chi connectivity index (χ0n) is 13.8. The van der Waals surface area contributed by atoms with Gasteiger partial charge in [-0.05, 0) is 25.3 Å². The number of benzene rings is 1. The largest absolute Gasteiger partial charge is 0.465 e. The van der Waals surface area contributed by atoms with Crippen molar-refractivity contribution in [1.29, 1.82) is 0 Å². The van der Waals surface area contributed by atoms with Gasteiger partial charge in [0.25, 0.3) is 0 Å². The monoisotopic (exact) mass is 304 g/mol. The maximum Gasteiger partial charge on any atom is 0.323 e. The van der Waals surface area contributed by atoms with E-state index in [1.54, 1.807) is 0 Å². The Balaban J connectivity index is 1.76. The minimum atomic E-state index is -0.0729. The van der Waals surface area contributed by atoms with Crippen LogP contribution in [0.15, 0.2) is 30.3 Å². The third kappa shape index (κ3) is 4.82. The van der Waals surface area contributed by atoms with E-state index in [1.165, 1.54) is 5.56 Å². The van der Waals surface area contributed by atoms with Crippen LogP contribution in [0.3, 0.4) is 0 Å². The summed E-state index contributed by atoms with van der Waals surface area (Å²) >= 11 is 0. The molecule has 0 radical (unpaired) electrons. The topological polar surface area (TPSA) is 32.8 Å². The van der Waals surface area contributed by atoms with E-state index in [0.29, 0.717) is 6.61 Å². The van der Waals surface area contributed by atoms with Crippen molar-refractivity contribution in [2.24, 2.45) is 0 Å². The van der Waals surface area contributed by atoms with Gasteiger partial charge in [-0.25, -0.2) is 0 Å². The molecular weight excluding hydrogens is 276 g/mol. The predicted molar refractivity (Wildman–Crippen MR) is 88.9 cm³/mol. The molecule has 1 fully saturated rings. The fraction of sp³-hybridized carbons (Fsp3) is 0.611. The lowest BCUT2D eigenvalue weighted by molar-refractivity contribution is -0.150. The molecular formula is C18H28N2O2. The van der Waals surface area contributed by atoms with Crippen LogP contribution in [0, 0.1) is 0 Å². The number of nitrogens with zero attached hydrogens (tertiary/aromatic N) is 2. The zero-order valence-corrected chi connectivity index (χ0v) is 13.8. The Morgan fingerprint density at radius 1 is 1.14 bits per heavy atom. The first-order valence-corrected chi connectivity index (χ1v) is 8.41. The molecule has 1 atom stereocenters. The highest BCUT2D eigenvalue weighted by Gasteiger charge is 2.28. The molecule has 0 amide bonds. The van der Waals surface area contributed by atoms with Crippen LogP contribution in [0.5, 0.6) is 0 Å². The van der Waals surface area contributed by atoms with Gasteiger partial charge in [-0.15, -0.1) is 0 Å². The molecule has 1 unspecified atom stereocenters. The van der Waals surface area contributed by atoms with Crippen molar-refractivity contribution in [3.05, 3.63) is 35.9 Å². The smallest absolute Gasteiger partial charge is 0.323 e. The minimum Gasteiger partial charge on any atom is -0.465 e. The summed E-state index contributed by atoms with van der Waals surface area (Å²) in [7, 11) is 0. The molecule has 122 valence electrons. The van der Waals surface area contributed by atoms with Gasteiger partial charge < -0.3 is 9.64 Å². The van der Waals surface area contributed by atoms with Crippen LogP contribution in [0.4, 0.5) is 0 Å². The third-order valence-corrected chi connectivity index (χ3v) is 4.35. The van der Waals surface area contributed by atoms with E-state index in [4.69, 9.17) is 4.74 Å². The minimum absolute atomic E-state index is 0.0669. The molecule has 22 heavy (non-hydrogen) atoms. The van der Waals surface area contributed by atoms with Crippen LogP contribution in [0.1, 0.15) is 25.8 Å². The van der Waals surface area contributed by atoms with E-state index in [0.717, 1.165) is 45.6 Å². The number of carbonyl (C=O) groups excluding carboxylic acids is 1. The second kappa shape index (κ2) is 8.91. The van der Waals surface area contributed by atoms with E-state index in [2.05, 4.69) is 47.1 Å². The van der Waals surface area contributed by atoms with E-state index >= 15 is 0 Å². The normalized spacial score (nSPS) is 18.1. The average molecular weight is 304 g/mol. The molecule has 1 aromatic carbocycles. The van der Waals surface area contributed by atoms with Gasteiger partial charge in [0.1, 0.15) is 6.04 Å². The number of ether oxygens (including phenoxy) is 1. The lowest BCUT2D eigenvalue weighted by Gasteiger charge is -2.38. The van der Waals surface area contributed by atoms with Crippen LogP contribution in [-0.2, 0) is 16.0 Å². The van der Waals surface area contributed by atoms with E-state index < -0.39 is 0 Å². The standard InChI is InChI=1S/C18H28N2O2/c1-3-17(18(21)22-4-2)20-14-12-19(13-15-20)11-10-16-8-6-5-7-9-16/h5-9,17H,3-4,10-15H2,1-2H3. The lowest BCUT2D eigenvalue weighted by atomic mass is 10.1. The summed E-state index contributed by atoms with van der Waals surface area (Å²) in [5.41, 5.74) is 1.39. The SMILES string of the molecule is CCOC(=O)C(CC)N1CCN(CCc2ccccc2)CC1. The van der Waals surface area contributed by atoms with Crippen LogP contribution >= 0.6 is 0 Å². The maximum atomic E-state index is 12.0. The fourth-order valence-corrected chi connectivity index (χ4v) is 3.04. The summed E-state index contributed by atoms with van der Waals surface area (Å²) < 4.78 is 5.19. The van der Waals surface area contributed by atoms with Crippen molar-refractivity contribution in [3.63, 3.8) is 0 Å². The van der Waals surface area contributed by atoms with Crippen LogP contribution in [-0.4, -0.2) is 61.1 Å². The highest BCUT2D eigenvalue weighted by molar-refractivity contribution is 5.75. The Bertz CT molecular complexity index is 442. The highest BCUT2D eigenvalue weighted by atomic mass is 16.5. The number of hydrogen-bond donors (Lipinski definition) is 0. The average Bonchev–Trinajstić information content (AvgIpc) is 2.56. The summed E-state index contributed by atoms with van der Waals surface area (Å²) in [5.74, 6) is -0.0669.